The standard InChI is InChI=1S/C13H23NO3/c1-2-10(8-12(15)16)9-14-13(17)11-6-4-3-5-7-11/h10-11H,2-9H2,1H3,(H,14,17)(H,15,16). The van der Waals surface area contributed by atoms with Crippen LogP contribution in [0.15, 0.2) is 0 Å². The van der Waals surface area contributed by atoms with Gasteiger partial charge in [-0.1, -0.05) is 32.6 Å². The highest BCUT2D eigenvalue weighted by Crippen LogP contribution is 2.23. The molecule has 0 aromatic heterocycles. The molecular formula is C13H23NO3. The molecule has 0 radical (unpaired) electrons. The van der Waals surface area contributed by atoms with E-state index >= 15 is 0 Å². The number of carbonyl (C=O) groups is 2. The molecule has 4 heteroatoms. The van der Waals surface area contributed by atoms with Gasteiger partial charge in [0.15, 0.2) is 0 Å². The summed E-state index contributed by atoms with van der Waals surface area (Å²) in [6, 6.07) is 0. The Morgan fingerprint density at radius 2 is 1.94 bits per heavy atom. The van der Waals surface area contributed by atoms with Crippen LogP contribution < -0.4 is 5.32 Å². The molecule has 2 N–H and O–H groups in total. The van der Waals surface area contributed by atoms with Gasteiger partial charge >= 0.3 is 5.97 Å². The molecule has 17 heavy (non-hydrogen) atoms. The van der Waals surface area contributed by atoms with E-state index in [1.54, 1.807) is 0 Å². The number of nitrogens with one attached hydrogen (secondary N) is 1. The molecule has 4 nitrogen and oxygen atoms in total. The molecule has 98 valence electrons. The van der Waals surface area contributed by atoms with Crippen molar-refractivity contribution in [2.75, 3.05) is 6.54 Å². The van der Waals surface area contributed by atoms with E-state index < -0.39 is 5.97 Å². The summed E-state index contributed by atoms with van der Waals surface area (Å²) in [6.45, 7) is 2.46. The maximum Gasteiger partial charge on any atom is 0.303 e. The van der Waals surface area contributed by atoms with Crippen molar-refractivity contribution in [3.63, 3.8) is 0 Å². The third-order valence-corrected chi connectivity index (χ3v) is 3.58. The molecule has 1 aliphatic rings. The Morgan fingerprint density at radius 1 is 1.29 bits per heavy atom. The van der Waals surface area contributed by atoms with Gasteiger partial charge in [-0.3, -0.25) is 9.59 Å². The zero-order valence-electron chi connectivity index (χ0n) is 10.6. The summed E-state index contributed by atoms with van der Waals surface area (Å²) in [5.74, 6) is -0.455. The minimum absolute atomic E-state index is 0.0556. The molecule has 0 aromatic rings. The number of carboxylic acid groups (broad SMARTS) is 1. The molecule has 0 aromatic carbocycles. The summed E-state index contributed by atoms with van der Waals surface area (Å²) in [6.07, 6.45) is 6.43. The molecule has 0 heterocycles. The van der Waals surface area contributed by atoms with Crippen molar-refractivity contribution >= 4 is 11.9 Å². The molecule has 1 atom stereocenters. The fraction of sp³-hybridized carbons (Fsp3) is 0.846. The van der Waals surface area contributed by atoms with Crippen molar-refractivity contribution < 1.29 is 14.7 Å². The Balaban J connectivity index is 2.27. The van der Waals surface area contributed by atoms with E-state index in [1.165, 1.54) is 6.42 Å². The normalized spacial score (nSPS) is 18.6. The van der Waals surface area contributed by atoms with E-state index in [0.717, 1.165) is 32.1 Å². The number of hydrogen-bond acceptors (Lipinski definition) is 2. The van der Waals surface area contributed by atoms with Crippen LogP contribution in [-0.4, -0.2) is 23.5 Å². The summed E-state index contributed by atoms with van der Waals surface area (Å²) in [7, 11) is 0. The topological polar surface area (TPSA) is 66.4 Å². The van der Waals surface area contributed by atoms with E-state index in [0.29, 0.717) is 6.54 Å². The Kier molecular flexibility index (Phi) is 6.01. The quantitative estimate of drug-likeness (QED) is 0.749. The van der Waals surface area contributed by atoms with Crippen LogP contribution in [0.1, 0.15) is 51.9 Å². The van der Waals surface area contributed by atoms with Crippen molar-refractivity contribution in [3.05, 3.63) is 0 Å². The van der Waals surface area contributed by atoms with Gasteiger partial charge in [0.05, 0.1) is 0 Å². The second-order valence-electron chi connectivity index (χ2n) is 4.95. The summed E-state index contributed by atoms with van der Waals surface area (Å²) in [4.78, 5) is 22.4. The maximum atomic E-state index is 11.8. The van der Waals surface area contributed by atoms with Gasteiger partial charge in [-0.05, 0) is 18.8 Å². The zero-order valence-corrected chi connectivity index (χ0v) is 10.6. The lowest BCUT2D eigenvalue weighted by molar-refractivity contribution is -0.138. The van der Waals surface area contributed by atoms with E-state index in [9.17, 15) is 9.59 Å². The van der Waals surface area contributed by atoms with Gasteiger partial charge in [0.2, 0.25) is 5.91 Å². The Morgan fingerprint density at radius 3 is 2.47 bits per heavy atom. The van der Waals surface area contributed by atoms with Crippen molar-refractivity contribution in [3.8, 4) is 0 Å². The highest BCUT2D eigenvalue weighted by Gasteiger charge is 2.21. The number of amides is 1. The predicted octanol–water partition coefficient (Wildman–Crippen LogP) is 2.18. The van der Waals surface area contributed by atoms with Crippen molar-refractivity contribution in [2.24, 2.45) is 11.8 Å². The molecule has 1 saturated carbocycles. The number of carbonyl (C=O) groups excluding carboxylic acids is 1. The molecule has 0 saturated heterocycles. The Labute approximate surface area is 103 Å². The minimum atomic E-state index is -0.788. The zero-order chi connectivity index (χ0) is 12.7. The fourth-order valence-electron chi connectivity index (χ4n) is 2.36. The lowest BCUT2D eigenvalue weighted by atomic mass is 9.88. The van der Waals surface area contributed by atoms with Crippen molar-refractivity contribution in [1.82, 2.24) is 5.32 Å². The largest absolute Gasteiger partial charge is 0.481 e. The van der Waals surface area contributed by atoms with Crippen LogP contribution in [0.4, 0.5) is 0 Å². The van der Waals surface area contributed by atoms with Crippen molar-refractivity contribution in [1.29, 1.82) is 0 Å². The molecule has 0 aliphatic heterocycles. The molecule has 1 unspecified atom stereocenters. The van der Waals surface area contributed by atoms with Crippen LogP contribution in [0, 0.1) is 11.8 Å². The predicted molar refractivity (Wildman–Crippen MR) is 65.6 cm³/mol. The van der Waals surface area contributed by atoms with Gasteiger partial charge in [-0.25, -0.2) is 0 Å². The monoisotopic (exact) mass is 241 g/mol. The number of aliphatic carboxylic acids is 1. The lowest BCUT2D eigenvalue weighted by Gasteiger charge is -2.22. The fourth-order valence-corrected chi connectivity index (χ4v) is 2.36. The molecule has 0 bridgehead atoms. The second kappa shape index (κ2) is 7.30. The highest BCUT2D eigenvalue weighted by molar-refractivity contribution is 5.78. The Hall–Kier alpha value is -1.06. The van der Waals surface area contributed by atoms with E-state index in [4.69, 9.17) is 5.11 Å². The molecule has 1 aliphatic carbocycles. The minimum Gasteiger partial charge on any atom is -0.481 e. The van der Waals surface area contributed by atoms with Crippen LogP contribution in [0.3, 0.4) is 0 Å². The van der Waals surface area contributed by atoms with Crippen LogP contribution in [-0.2, 0) is 9.59 Å². The summed E-state index contributed by atoms with van der Waals surface area (Å²) >= 11 is 0. The first-order valence-electron chi connectivity index (χ1n) is 6.63. The van der Waals surface area contributed by atoms with E-state index in [-0.39, 0.29) is 24.2 Å². The first-order chi connectivity index (χ1) is 8.13. The van der Waals surface area contributed by atoms with Crippen molar-refractivity contribution in [2.45, 2.75) is 51.9 Å². The molecule has 1 fully saturated rings. The average Bonchev–Trinajstić information content (AvgIpc) is 2.34. The summed E-state index contributed by atoms with van der Waals surface area (Å²) < 4.78 is 0. The van der Waals surface area contributed by atoms with Crippen LogP contribution in [0.5, 0.6) is 0 Å². The first kappa shape index (κ1) is 14.0. The van der Waals surface area contributed by atoms with Gasteiger partial charge in [0, 0.05) is 18.9 Å². The van der Waals surface area contributed by atoms with Gasteiger partial charge in [0.1, 0.15) is 0 Å². The lowest BCUT2D eigenvalue weighted by Crippen LogP contribution is -2.35. The van der Waals surface area contributed by atoms with Crippen LogP contribution in [0.2, 0.25) is 0 Å². The third-order valence-electron chi connectivity index (χ3n) is 3.58. The molecule has 1 amide bonds. The summed E-state index contributed by atoms with van der Waals surface area (Å²) in [5.41, 5.74) is 0. The van der Waals surface area contributed by atoms with Gasteiger partial charge in [0.25, 0.3) is 0 Å². The molecular weight excluding hydrogens is 218 g/mol. The van der Waals surface area contributed by atoms with Gasteiger partial charge < -0.3 is 10.4 Å². The molecule has 0 spiro atoms. The number of hydrogen-bond donors (Lipinski definition) is 2. The van der Waals surface area contributed by atoms with Gasteiger partial charge in [-0.15, -0.1) is 0 Å². The number of carboxylic acids is 1. The molecule has 1 rings (SSSR count). The van der Waals surface area contributed by atoms with Gasteiger partial charge in [-0.2, -0.15) is 0 Å². The third kappa shape index (κ3) is 5.20. The first-order valence-corrected chi connectivity index (χ1v) is 6.63. The number of rotatable bonds is 6. The average molecular weight is 241 g/mol. The van der Waals surface area contributed by atoms with E-state index in [2.05, 4.69) is 5.32 Å². The summed E-state index contributed by atoms with van der Waals surface area (Å²) in [5, 5.41) is 11.6. The van der Waals surface area contributed by atoms with Crippen LogP contribution >= 0.6 is 0 Å². The van der Waals surface area contributed by atoms with E-state index in [1.807, 2.05) is 6.92 Å². The SMILES string of the molecule is CCC(CNC(=O)C1CCCCC1)CC(=O)O. The smallest absolute Gasteiger partial charge is 0.303 e. The Bertz CT molecular complexity index is 259. The van der Waals surface area contributed by atoms with Crippen LogP contribution in [0.25, 0.3) is 0 Å². The maximum absolute atomic E-state index is 11.8. The second-order valence-corrected chi connectivity index (χ2v) is 4.95. The highest BCUT2D eigenvalue weighted by atomic mass is 16.4.